The van der Waals surface area contributed by atoms with E-state index in [1.54, 1.807) is 18.2 Å². The topological polar surface area (TPSA) is 75.6 Å². The highest BCUT2D eigenvalue weighted by atomic mass is 16.5. The monoisotopic (exact) mass is 265 g/mol. The van der Waals surface area contributed by atoms with Gasteiger partial charge < -0.3 is 15.2 Å². The molecule has 0 aliphatic heterocycles. The molecule has 1 atom stereocenters. The molecule has 0 saturated heterocycles. The minimum absolute atomic E-state index is 0.220. The molecule has 0 aliphatic carbocycles. The number of benzene rings is 1. The summed E-state index contributed by atoms with van der Waals surface area (Å²) in [5, 5.41) is 11.7. The number of carbonyl (C=O) groups is 2. The molecule has 0 heterocycles. The number of hydrogen-bond donors (Lipinski definition) is 2. The Bertz CT molecular complexity index is 451. The first-order valence-electron chi connectivity index (χ1n) is 6.02. The molecule has 104 valence electrons. The third-order valence-electron chi connectivity index (χ3n) is 2.40. The number of aromatic carboxylic acids is 1. The van der Waals surface area contributed by atoms with E-state index in [1.807, 2.05) is 20.8 Å². The molecule has 1 aromatic rings. The van der Waals surface area contributed by atoms with Crippen LogP contribution in [0.3, 0.4) is 0 Å². The van der Waals surface area contributed by atoms with Crippen LogP contribution < -0.4 is 5.32 Å². The molecule has 0 radical (unpaired) electrons. The first kappa shape index (κ1) is 15.2. The SMILES string of the molecule is CC(C)(C)OC(Cc1ccccc1C(=O)O)NC=O. The Morgan fingerprint density at radius 3 is 2.58 bits per heavy atom. The molecule has 5 nitrogen and oxygen atoms in total. The highest BCUT2D eigenvalue weighted by Gasteiger charge is 2.20. The number of carbonyl (C=O) groups excluding carboxylic acids is 1. The Hall–Kier alpha value is -1.88. The number of carboxylic acids is 1. The van der Waals surface area contributed by atoms with Crippen molar-refractivity contribution in [2.45, 2.75) is 39.0 Å². The molecule has 19 heavy (non-hydrogen) atoms. The lowest BCUT2D eigenvalue weighted by Crippen LogP contribution is -2.39. The van der Waals surface area contributed by atoms with Gasteiger partial charge in [0.1, 0.15) is 6.23 Å². The summed E-state index contributed by atoms with van der Waals surface area (Å²) in [6.45, 7) is 5.61. The highest BCUT2D eigenvalue weighted by Crippen LogP contribution is 2.16. The molecule has 0 spiro atoms. The molecule has 0 bridgehead atoms. The van der Waals surface area contributed by atoms with Crippen LogP contribution in [-0.2, 0) is 16.0 Å². The van der Waals surface area contributed by atoms with E-state index in [0.717, 1.165) is 0 Å². The van der Waals surface area contributed by atoms with Gasteiger partial charge in [0.2, 0.25) is 6.41 Å². The van der Waals surface area contributed by atoms with Gasteiger partial charge in [-0.3, -0.25) is 4.79 Å². The van der Waals surface area contributed by atoms with Crippen LogP contribution in [0.4, 0.5) is 0 Å². The van der Waals surface area contributed by atoms with Crippen molar-refractivity contribution in [3.8, 4) is 0 Å². The van der Waals surface area contributed by atoms with Crippen LogP contribution in [0.15, 0.2) is 24.3 Å². The first-order valence-corrected chi connectivity index (χ1v) is 6.02. The molecule has 0 saturated carbocycles. The maximum absolute atomic E-state index is 11.1. The van der Waals surface area contributed by atoms with Crippen LogP contribution in [0, 0.1) is 0 Å². The van der Waals surface area contributed by atoms with Gasteiger partial charge in [0.15, 0.2) is 0 Å². The Kier molecular flexibility index (Phi) is 5.06. The Morgan fingerprint density at radius 1 is 1.42 bits per heavy atom. The number of amides is 1. The quantitative estimate of drug-likeness (QED) is 0.607. The molecule has 0 aliphatic rings. The third kappa shape index (κ3) is 5.09. The summed E-state index contributed by atoms with van der Waals surface area (Å²) in [4.78, 5) is 21.7. The van der Waals surface area contributed by atoms with Crippen LogP contribution in [0.25, 0.3) is 0 Å². The van der Waals surface area contributed by atoms with E-state index >= 15 is 0 Å². The second kappa shape index (κ2) is 6.33. The van der Waals surface area contributed by atoms with Gasteiger partial charge in [-0.1, -0.05) is 18.2 Å². The van der Waals surface area contributed by atoms with Crippen molar-refractivity contribution in [1.82, 2.24) is 5.32 Å². The van der Waals surface area contributed by atoms with Gasteiger partial charge in [0.25, 0.3) is 0 Å². The van der Waals surface area contributed by atoms with Gasteiger partial charge in [0.05, 0.1) is 11.2 Å². The van der Waals surface area contributed by atoms with Gasteiger partial charge >= 0.3 is 5.97 Å². The van der Waals surface area contributed by atoms with Gasteiger partial charge in [-0.15, -0.1) is 0 Å². The van der Waals surface area contributed by atoms with Crippen LogP contribution in [0.5, 0.6) is 0 Å². The van der Waals surface area contributed by atoms with Crippen molar-refractivity contribution in [2.24, 2.45) is 0 Å². The van der Waals surface area contributed by atoms with Gasteiger partial charge in [-0.05, 0) is 32.4 Å². The van der Waals surface area contributed by atoms with E-state index in [9.17, 15) is 9.59 Å². The van der Waals surface area contributed by atoms with Gasteiger partial charge in [-0.25, -0.2) is 4.79 Å². The molecule has 2 N–H and O–H groups in total. The first-order chi connectivity index (χ1) is 8.83. The summed E-state index contributed by atoms with van der Waals surface area (Å²) in [7, 11) is 0. The maximum Gasteiger partial charge on any atom is 0.335 e. The van der Waals surface area contributed by atoms with Crippen LogP contribution in [-0.4, -0.2) is 29.3 Å². The summed E-state index contributed by atoms with van der Waals surface area (Å²) in [5.41, 5.74) is 0.412. The summed E-state index contributed by atoms with van der Waals surface area (Å²) < 4.78 is 5.68. The number of rotatable bonds is 6. The fraction of sp³-hybridized carbons (Fsp3) is 0.429. The van der Waals surface area contributed by atoms with Gasteiger partial charge in [0, 0.05) is 6.42 Å². The average molecular weight is 265 g/mol. The Morgan fingerprint density at radius 2 is 2.05 bits per heavy atom. The normalized spacial score (nSPS) is 12.8. The lowest BCUT2D eigenvalue weighted by atomic mass is 10.0. The fourth-order valence-electron chi connectivity index (χ4n) is 1.74. The van der Waals surface area contributed by atoms with E-state index in [0.29, 0.717) is 18.4 Å². The molecule has 0 fully saturated rings. The van der Waals surface area contributed by atoms with E-state index in [4.69, 9.17) is 9.84 Å². The standard InChI is InChI=1S/C14H19NO4/c1-14(2,3)19-12(15-9-16)8-10-6-4-5-7-11(10)13(17)18/h4-7,9,12H,8H2,1-3H3,(H,15,16)(H,17,18). The summed E-state index contributed by atoms with van der Waals surface area (Å²) >= 11 is 0. The zero-order chi connectivity index (χ0) is 14.5. The van der Waals surface area contributed by atoms with E-state index < -0.39 is 17.8 Å². The summed E-state index contributed by atoms with van der Waals surface area (Å²) in [5.74, 6) is -0.990. The fourth-order valence-corrected chi connectivity index (χ4v) is 1.74. The number of carboxylic acid groups (broad SMARTS) is 1. The number of hydrogen-bond acceptors (Lipinski definition) is 3. The zero-order valence-electron chi connectivity index (χ0n) is 11.3. The Balaban J connectivity index is 2.90. The van der Waals surface area contributed by atoms with Crippen LogP contribution in [0.1, 0.15) is 36.7 Å². The lowest BCUT2D eigenvalue weighted by Gasteiger charge is -2.27. The minimum atomic E-state index is -0.990. The van der Waals surface area contributed by atoms with Gasteiger partial charge in [-0.2, -0.15) is 0 Å². The highest BCUT2D eigenvalue weighted by molar-refractivity contribution is 5.89. The lowest BCUT2D eigenvalue weighted by molar-refractivity contribution is -0.119. The largest absolute Gasteiger partial charge is 0.478 e. The van der Waals surface area contributed by atoms with Crippen molar-refractivity contribution in [3.05, 3.63) is 35.4 Å². The summed E-state index contributed by atoms with van der Waals surface area (Å²) in [6, 6.07) is 6.68. The van der Waals surface area contributed by atoms with Crippen molar-refractivity contribution in [3.63, 3.8) is 0 Å². The minimum Gasteiger partial charge on any atom is -0.478 e. The van der Waals surface area contributed by atoms with E-state index in [2.05, 4.69) is 5.32 Å². The van der Waals surface area contributed by atoms with Crippen molar-refractivity contribution >= 4 is 12.4 Å². The molecule has 5 heteroatoms. The second-order valence-corrected chi connectivity index (χ2v) is 5.17. The second-order valence-electron chi connectivity index (χ2n) is 5.17. The predicted molar refractivity (Wildman–Crippen MR) is 70.9 cm³/mol. The predicted octanol–water partition coefficient (Wildman–Crippen LogP) is 1.81. The average Bonchev–Trinajstić information content (AvgIpc) is 2.27. The third-order valence-corrected chi connectivity index (χ3v) is 2.40. The number of ether oxygens (including phenoxy) is 1. The molecular formula is C14H19NO4. The molecule has 1 unspecified atom stereocenters. The van der Waals surface area contributed by atoms with Crippen molar-refractivity contribution in [1.29, 1.82) is 0 Å². The van der Waals surface area contributed by atoms with Crippen LogP contribution in [0.2, 0.25) is 0 Å². The molecule has 1 rings (SSSR count). The zero-order valence-corrected chi connectivity index (χ0v) is 11.3. The summed E-state index contributed by atoms with van der Waals surface area (Å²) in [6.07, 6.45) is 0.302. The van der Waals surface area contributed by atoms with Crippen molar-refractivity contribution < 1.29 is 19.4 Å². The van der Waals surface area contributed by atoms with E-state index in [1.165, 1.54) is 6.07 Å². The van der Waals surface area contributed by atoms with Crippen molar-refractivity contribution in [2.75, 3.05) is 0 Å². The molecule has 1 amide bonds. The van der Waals surface area contributed by atoms with E-state index in [-0.39, 0.29) is 5.56 Å². The Labute approximate surface area is 112 Å². The molecular weight excluding hydrogens is 246 g/mol. The molecule has 1 aromatic carbocycles. The smallest absolute Gasteiger partial charge is 0.335 e. The maximum atomic E-state index is 11.1. The molecule has 0 aromatic heterocycles. The number of nitrogens with one attached hydrogen (secondary N) is 1. The van der Waals surface area contributed by atoms with Crippen LogP contribution >= 0.6 is 0 Å².